The molecule has 6 heteroatoms. The largest absolute Gasteiger partial charge is 0.497 e. The molecule has 0 saturated carbocycles. The average Bonchev–Trinajstić information content (AvgIpc) is 3.11. The van der Waals surface area contributed by atoms with E-state index in [1.165, 1.54) is 4.88 Å². The van der Waals surface area contributed by atoms with E-state index in [9.17, 15) is 0 Å². The minimum Gasteiger partial charge on any atom is -0.497 e. The van der Waals surface area contributed by atoms with E-state index < -0.39 is 0 Å². The lowest BCUT2D eigenvalue weighted by Crippen LogP contribution is -2.41. The van der Waals surface area contributed by atoms with Crippen LogP contribution in [0.4, 0.5) is 0 Å². The van der Waals surface area contributed by atoms with Crippen LogP contribution in [0.25, 0.3) is 0 Å². The summed E-state index contributed by atoms with van der Waals surface area (Å²) in [5, 5.41) is 8.63. The zero-order chi connectivity index (χ0) is 17.2. The third-order valence-electron chi connectivity index (χ3n) is 3.25. The molecule has 5 nitrogen and oxygen atoms in total. The molecule has 0 aliphatic carbocycles. The normalized spacial score (nSPS) is 12.5. The summed E-state index contributed by atoms with van der Waals surface area (Å²) in [6.07, 6.45) is 0.00250. The first-order valence-electron chi connectivity index (χ1n) is 8.06. The Labute approximate surface area is 147 Å². The van der Waals surface area contributed by atoms with E-state index in [1.807, 2.05) is 37.3 Å². The average molecular weight is 347 g/mol. The lowest BCUT2D eigenvalue weighted by Gasteiger charge is -2.18. The number of ether oxygens (including phenoxy) is 2. The van der Waals surface area contributed by atoms with Crippen LogP contribution in [0.5, 0.6) is 11.5 Å². The van der Waals surface area contributed by atoms with Crippen LogP contribution >= 0.6 is 11.3 Å². The van der Waals surface area contributed by atoms with Gasteiger partial charge in [-0.05, 0) is 37.4 Å². The minimum atomic E-state index is 0.00250. The van der Waals surface area contributed by atoms with Gasteiger partial charge in [0.15, 0.2) is 5.96 Å². The highest BCUT2D eigenvalue weighted by molar-refractivity contribution is 7.09. The number of rotatable bonds is 8. The Morgan fingerprint density at radius 1 is 1.21 bits per heavy atom. The Balaban J connectivity index is 1.84. The van der Waals surface area contributed by atoms with Crippen molar-refractivity contribution in [3.05, 3.63) is 46.7 Å². The molecule has 0 fully saturated rings. The molecule has 24 heavy (non-hydrogen) atoms. The first kappa shape index (κ1) is 18.1. The molecule has 130 valence electrons. The molecular weight excluding hydrogens is 322 g/mol. The van der Waals surface area contributed by atoms with Gasteiger partial charge in [0.2, 0.25) is 0 Å². The molecule has 0 aliphatic rings. The van der Waals surface area contributed by atoms with Gasteiger partial charge in [-0.2, -0.15) is 0 Å². The number of thiophene rings is 1. The maximum Gasteiger partial charge on any atom is 0.191 e. The molecule has 0 saturated heterocycles. The Morgan fingerprint density at radius 2 is 2.04 bits per heavy atom. The van der Waals surface area contributed by atoms with Crippen molar-refractivity contribution < 1.29 is 9.47 Å². The number of aliphatic imine (C=N–C) groups is 1. The Hall–Kier alpha value is -2.21. The van der Waals surface area contributed by atoms with Gasteiger partial charge in [-0.15, -0.1) is 11.3 Å². The molecule has 2 rings (SSSR count). The highest BCUT2D eigenvalue weighted by Crippen LogP contribution is 2.19. The van der Waals surface area contributed by atoms with E-state index in [0.717, 1.165) is 24.0 Å². The van der Waals surface area contributed by atoms with Gasteiger partial charge in [-0.1, -0.05) is 12.1 Å². The standard InChI is InChI=1S/C18H25N3O2S/c1-4-19-18(21-13-17-9-6-10-24-17)20-12-14(2)23-16-8-5-7-15(11-16)22-3/h5-11,14H,4,12-13H2,1-3H3,(H2,19,20,21). The number of methoxy groups -OCH3 is 1. The molecule has 1 aromatic heterocycles. The predicted octanol–water partition coefficient (Wildman–Crippen LogP) is 3.28. The van der Waals surface area contributed by atoms with Crippen molar-refractivity contribution in [3.63, 3.8) is 0 Å². The second-order valence-corrected chi connectivity index (χ2v) is 6.30. The van der Waals surface area contributed by atoms with E-state index >= 15 is 0 Å². The van der Waals surface area contributed by atoms with Crippen LogP contribution < -0.4 is 20.1 Å². The monoisotopic (exact) mass is 347 g/mol. The number of hydrogen-bond acceptors (Lipinski definition) is 4. The highest BCUT2D eigenvalue weighted by atomic mass is 32.1. The van der Waals surface area contributed by atoms with Crippen LogP contribution in [0.3, 0.4) is 0 Å². The summed E-state index contributed by atoms with van der Waals surface area (Å²) in [6.45, 7) is 6.24. The summed E-state index contributed by atoms with van der Waals surface area (Å²) in [7, 11) is 1.65. The fraction of sp³-hybridized carbons (Fsp3) is 0.389. The van der Waals surface area contributed by atoms with E-state index in [2.05, 4.69) is 34.0 Å². The number of nitrogens with zero attached hydrogens (tertiary/aromatic N) is 1. The van der Waals surface area contributed by atoms with Crippen molar-refractivity contribution in [1.82, 2.24) is 10.6 Å². The maximum absolute atomic E-state index is 5.91. The Morgan fingerprint density at radius 3 is 2.75 bits per heavy atom. The van der Waals surface area contributed by atoms with Crippen LogP contribution in [0.15, 0.2) is 46.8 Å². The minimum absolute atomic E-state index is 0.00250. The summed E-state index contributed by atoms with van der Waals surface area (Å²) in [5.41, 5.74) is 0. The summed E-state index contributed by atoms with van der Waals surface area (Å²) in [4.78, 5) is 5.84. The molecule has 0 aliphatic heterocycles. The third kappa shape index (κ3) is 6.12. The van der Waals surface area contributed by atoms with E-state index in [1.54, 1.807) is 18.4 Å². The van der Waals surface area contributed by atoms with Gasteiger partial charge in [0.25, 0.3) is 0 Å². The molecule has 1 heterocycles. The smallest absolute Gasteiger partial charge is 0.191 e. The number of nitrogens with one attached hydrogen (secondary N) is 2. The van der Waals surface area contributed by atoms with E-state index in [-0.39, 0.29) is 6.10 Å². The second-order valence-electron chi connectivity index (χ2n) is 5.26. The lowest BCUT2D eigenvalue weighted by molar-refractivity contribution is 0.223. The van der Waals surface area contributed by atoms with Crippen molar-refractivity contribution in [2.45, 2.75) is 26.5 Å². The topological polar surface area (TPSA) is 54.9 Å². The molecule has 2 N–H and O–H groups in total. The first-order chi connectivity index (χ1) is 11.7. The third-order valence-corrected chi connectivity index (χ3v) is 4.11. The predicted molar refractivity (Wildman–Crippen MR) is 100 cm³/mol. The molecule has 0 amide bonds. The van der Waals surface area contributed by atoms with Gasteiger partial charge in [-0.3, -0.25) is 0 Å². The fourth-order valence-electron chi connectivity index (χ4n) is 2.09. The number of guanidine groups is 1. The Kier molecular flexibility index (Phi) is 7.42. The van der Waals surface area contributed by atoms with Crippen molar-refractivity contribution in [1.29, 1.82) is 0 Å². The lowest BCUT2D eigenvalue weighted by atomic mass is 10.3. The van der Waals surface area contributed by atoms with Gasteiger partial charge in [0.1, 0.15) is 17.6 Å². The maximum atomic E-state index is 5.91. The van der Waals surface area contributed by atoms with E-state index in [4.69, 9.17) is 9.47 Å². The summed E-state index contributed by atoms with van der Waals surface area (Å²) >= 11 is 1.71. The fourth-order valence-corrected chi connectivity index (χ4v) is 2.72. The van der Waals surface area contributed by atoms with Crippen molar-refractivity contribution >= 4 is 17.3 Å². The van der Waals surface area contributed by atoms with Crippen molar-refractivity contribution in [3.8, 4) is 11.5 Å². The zero-order valence-corrected chi connectivity index (χ0v) is 15.2. The van der Waals surface area contributed by atoms with Gasteiger partial charge >= 0.3 is 0 Å². The molecule has 0 bridgehead atoms. The van der Waals surface area contributed by atoms with Crippen molar-refractivity contribution in [2.24, 2.45) is 4.99 Å². The summed E-state index contributed by atoms with van der Waals surface area (Å²) in [6, 6.07) is 11.8. The SMILES string of the molecule is CCNC(=NCc1cccs1)NCC(C)Oc1cccc(OC)c1. The first-order valence-corrected chi connectivity index (χ1v) is 8.94. The summed E-state index contributed by atoms with van der Waals surface area (Å²) < 4.78 is 11.1. The van der Waals surface area contributed by atoms with Gasteiger partial charge < -0.3 is 20.1 Å². The van der Waals surface area contributed by atoms with Crippen LogP contribution in [-0.4, -0.2) is 32.3 Å². The number of hydrogen-bond donors (Lipinski definition) is 2. The zero-order valence-electron chi connectivity index (χ0n) is 14.4. The Bertz CT molecular complexity index is 629. The molecule has 0 radical (unpaired) electrons. The van der Waals surface area contributed by atoms with E-state index in [0.29, 0.717) is 13.1 Å². The van der Waals surface area contributed by atoms with Gasteiger partial charge in [0.05, 0.1) is 20.2 Å². The second kappa shape index (κ2) is 9.82. The van der Waals surface area contributed by atoms with Crippen LogP contribution in [-0.2, 0) is 6.54 Å². The molecule has 0 spiro atoms. The van der Waals surface area contributed by atoms with Gasteiger partial charge in [0, 0.05) is 17.5 Å². The van der Waals surface area contributed by atoms with Crippen LogP contribution in [0.1, 0.15) is 18.7 Å². The van der Waals surface area contributed by atoms with Gasteiger partial charge in [-0.25, -0.2) is 4.99 Å². The highest BCUT2D eigenvalue weighted by Gasteiger charge is 2.06. The molecular formula is C18H25N3O2S. The number of benzene rings is 1. The van der Waals surface area contributed by atoms with Crippen LogP contribution in [0, 0.1) is 0 Å². The molecule has 1 unspecified atom stereocenters. The summed E-state index contributed by atoms with van der Waals surface area (Å²) in [5.74, 6) is 2.38. The quantitative estimate of drug-likeness (QED) is 0.568. The van der Waals surface area contributed by atoms with Crippen LogP contribution in [0.2, 0.25) is 0 Å². The molecule has 1 atom stereocenters. The molecule has 1 aromatic carbocycles. The molecule has 2 aromatic rings. The van der Waals surface area contributed by atoms with Crippen molar-refractivity contribution in [2.75, 3.05) is 20.2 Å².